The highest BCUT2D eigenvalue weighted by Crippen LogP contribution is 2.29. The Morgan fingerprint density at radius 3 is 2.33 bits per heavy atom. The fourth-order valence-corrected chi connectivity index (χ4v) is 3.07. The smallest absolute Gasteiger partial charge is 0.341 e. The third-order valence-electron chi connectivity index (χ3n) is 4.38. The zero-order chi connectivity index (χ0) is 20.2. The Bertz CT molecular complexity index is 811. The Balaban J connectivity index is 2.42. The molecule has 0 spiro atoms. The van der Waals surface area contributed by atoms with E-state index in [2.05, 4.69) is 0 Å². The van der Waals surface area contributed by atoms with E-state index in [4.69, 9.17) is 9.47 Å². The third-order valence-corrected chi connectivity index (χ3v) is 4.38. The minimum atomic E-state index is -2.23. The van der Waals surface area contributed by atoms with Gasteiger partial charge in [0.05, 0.1) is 6.61 Å². The van der Waals surface area contributed by atoms with E-state index in [1.165, 1.54) is 0 Å². The number of aryl methyl sites for hydroxylation is 1. The molecule has 7 nitrogen and oxygen atoms in total. The van der Waals surface area contributed by atoms with Crippen molar-refractivity contribution >= 4 is 12.3 Å². The molecule has 2 unspecified atom stereocenters. The Hall–Kier alpha value is -2.48. The third kappa shape index (κ3) is 3.95. The van der Waals surface area contributed by atoms with Crippen molar-refractivity contribution in [2.45, 2.75) is 39.6 Å². The minimum absolute atomic E-state index is 0.0717. The van der Waals surface area contributed by atoms with Crippen LogP contribution < -0.4 is 0 Å². The summed E-state index contributed by atoms with van der Waals surface area (Å²) in [5.74, 6) is -3.20. The van der Waals surface area contributed by atoms with E-state index < -0.39 is 17.9 Å². The van der Waals surface area contributed by atoms with Gasteiger partial charge < -0.3 is 24.3 Å². The molecule has 2 N–H and O–H groups in total. The molecule has 7 heteroatoms. The van der Waals surface area contributed by atoms with Gasteiger partial charge in [-0.2, -0.15) is 0 Å². The summed E-state index contributed by atoms with van der Waals surface area (Å²) in [4.78, 5) is 23.0. The average Bonchev–Trinajstić information content (AvgIpc) is 2.95. The van der Waals surface area contributed by atoms with Crippen LogP contribution in [-0.2, 0) is 20.1 Å². The number of hydrogen-bond donors (Lipinski definition) is 2. The van der Waals surface area contributed by atoms with E-state index in [0.29, 0.717) is 5.56 Å². The summed E-state index contributed by atoms with van der Waals surface area (Å²) >= 11 is 0. The lowest BCUT2D eigenvalue weighted by molar-refractivity contribution is -0.265. The molecular formula is C20H25NO6. The highest BCUT2D eigenvalue weighted by atomic mass is 16.6. The first kappa shape index (κ1) is 20.8. The van der Waals surface area contributed by atoms with Gasteiger partial charge in [-0.1, -0.05) is 12.1 Å². The summed E-state index contributed by atoms with van der Waals surface area (Å²) < 4.78 is 12.0. The number of nitrogens with zero attached hydrogens (tertiary/aromatic N) is 1. The topological polar surface area (TPSA) is 98.0 Å². The number of ether oxygens (including phenoxy) is 2. The Morgan fingerprint density at radius 1 is 1.22 bits per heavy atom. The van der Waals surface area contributed by atoms with Gasteiger partial charge in [0.2, 0.25) is 11.9 Å². The van der Waals surface area contributed by atoms with E-state index in [9.17, 15) is 19.8 Å². The molecule has 0 aliphatic carbocycles. The average molecular weight is 375 g/mol. The standard InChI is InChI=1S/C20H25NO6/c1-5-26-19(24)18(23)20(25,27-6-2)16-7-9-17(10-8-16)21-13(3)11-15(12-22)14(21)4/h7-12,18,23,25H,5-6H2,1-4H3. The van der Waals surface area contributed by atoms with E-state index in [-0.39, 0.29) is 18.8 Å². The molecule has 0 saturated carbocycles. The van der Waals surface area contributed by atoms with Crippen molar-refractivity contribution in [2.24, 2.45) is 0 Å². The van der Waals surface area contributed by atoms with Crippen molar-refractivity contribution in [2.75, 3.05) is 13.2 Å². The van der Waals surface area contributed by atoms with Crippen LogP contribution in [0, 0.1) is 13.8 Å². The Kier molecular flexibility index (Phi) is 6.54. The van der Waals surface area contributed by atoms with Gasteiger partial charge in [-0.15, -0.1) is 0 Å². The lowest BCUT2D eigenvalue weighted by Gasteiger charge is -2.31. The SMILES string of the molecule is CCOC(=O)C(O)C(O)(OCC)c1ccc(-n2c(C)cc(C=O)c2C)cc1. The first-order valence-electron chi connectivity index (χ1n) is 8.76. The number of aromatic nitrogens is 1. The minimum Gasteiger partial charge on any atom is -0.464 e. The molecule has 0 amide bonds. The summed E-state index contributed by atoms with van der Waals surface area (Å²) in [5.41, 5.74) is 3.26. The fourth-order valence-electron chi connectivity index (χ4n) is 3.07. The second kappa shape index (κ2) is 8.47. The Morgan fingerprint density at radius 2 is 1.85 bits per heavy atom. The van der Waals surface area contributed by atoms with Crippen molar-refractivity contribution in [1.82, 2.24) is 4.57 Å². The van der Waals surface area contributed by atoms with E-state index in [1.54, 1.807) is 44.2 Å². The van der Waals surface area contributed by atoms with Gasteiger partial charge in [0.25, 0.3) is 0 Å². The van der Waals surface area contributed by atoms with Crippen LogP contribution in [0.3, 0.4) is 0 Å². The van der Waals surface area contributed by atoms with Crippen LogP contribution in [0.25, 0.3) is 5.69 Å². The van der Waals surface area contributed by atoms with Crippen LogP contribution in [0.5, 0.6) is 0 Å². The molecule has 2 aromatic rings. The normalized spacial score (nSPS) is 14.4. The summed E-state index contributed by atoms with van der Waals surface area (Å²) in [6, 6.07) is 8.34. The molecule has 0 fully saturated rings. The van der Waals surface area contributed by atoms with Crippen LogP contribution >= 0.6 is 0 Å². The van der Waals surface area contributed by atoms with E-state index in [1.807, 2.05) is 18.4 Å². The highest BCUT2D eigenvalue weighted by Gasteiger charge is 2.44. The molecule has 0 radical (unpaired) electrons. The molecule has 0 bridgehead atoms. The number of carbonyl (C=O) groups is 2. The molecule has 0 saturated heterocycles. The molecule has 0 aliphatic rings. The molecule has 27 heavy (non-hydrogen) atoms. The number of esters is 1. The molecule has 1 heterocycles. The fraction of sp³-hybridized carbons (Fsp3) is 0.400. The second-order valence-electron chi connectivity index (χ2n) is 6.11. The molecular weight excluding hydrogens is 350 g/mol. The summed E-state index contributed by atoms with van der Waals surface area (Å²) in [5, 5.41) is 21.1. The van der Waals surface area contributed by atoms with Gasteiger partial charge in [0.1, 0.15) is 0 Å². The number of carbonyl (C=O) groups excluding carboxylic acids is 2. The second-order valence-corrected chi connectivity index (χ2v) is 6.11. The molecule has 1 aromatic carbocycles. The molecule has 0 aliphatic heterocycles. The number of rotatable bonds is 8. The van der Waals surface area contributed by atoms with E-state index in [0.717, 1.165) is 23.4 Å². The van der Waals surface area contributed by atoms with Crippen LogP contribution in [0.2, 0.25) is 0 Å². The largest absolute Gasteiger partial charge is 0.464 e. The predicted molar refractivity (Wildman–Crippen MR) is 98.8 cm³/mol. The number of aliphatic hydroxyl groups excluding tert-OH is 1. The lowest BCUT2D eigenvalue weighted by atomic mass is 9.99. The van der Waals surface area contributed by atoms with Crippen molar-refractivity contribution in [3.8, 4) is 5.69 Å². The van der Waals surface area contributed by atoms with Crippen LogP contribution in [-0.4, -0.2) is 46.4 Å². The van der Waals surface area contributed by atoms with Gasteiger partial charge in [-0.25, -0.2) is 4.79 Å². The number of hydrogen-bond acceptors (Lipinski definition) is 6. The van der Waals surface area contributed by atoms with Gasteiger partial charge in [-0.05, 0) is 45.9 Å². The molecule has 1 aromatic heterocycles. The predicted octanol–water partition coefficient (Wildman–Crippen LogP) is 2.01. The summed E-state index contributed by atoms with van der Waals surface area (Å²) in [7, 11) is 0. The lowest BCUT2D eigenvalue weighted by Crippen LogP contribution is -2.47. The van der Waals surface area contributed by atoms with Gasteiger partial charge >= 0.3 is 5.97 Å². The van der Waals surface area contributed by atoms with Crippen LogP contribution in [0.15, 0.2) is 30.3 Å². The number of aldehydes is 1. The summed E-state index contributed by atoms with van der Waals surface area (Å²) in [6.07, 6.45) is -1.09. The first-order chi connectivity index (χ1) is 12.8. The first-order valence-corrected chi connectivity index (χ1v) is 8.76. The van der Waals surface area contributed by atoms with Crippen molar-refractivity contribution in [3.05, 3.63) is 52.8 Å². The zero-order valence-corrected chi connectivity index (χ0v) is 15.9. The van der Waals surface area contributed by atoms with E-state index >= 15 is 0 Å². The number of aliphatic hydroxyl groups is 2. The molecule has 2 atom stereocenters. The van der Waals surface area contributed by atoms with Gasteiger partial charge in [0, 0.05) is 34.8 Å². The van der Waals surface area contributed by atoms with Gasteiger partial charge in [0.15, 0.2) is 6.29 Å². The van der Waals surface area contributed by atoms with Crippen LogP contribution in [0.1, 0.15) is 41.2 Å². The highest BCUT2D eigenvalue weighted by molar-refractivity contribution is 5.78. The van der Waals surface area contributed by atoms with Crippen molar-refractivity contribution < 1.29 is 29.3 Å². The maximum Gasteiger partial charge on any atom is 0.341 e. The van der Waals surface area contributed by atoms with Crippen molar-refractivity contribution in [3.63, 3.8) is 0 Å². The van der Waals surface area contributed by atoms with Gasteiger partial charge in [-0.3, -0.25) is 4.79 Å². The monoisotopic (exact) mass is 375 g/mol. The quantitative estimate of drug-likeness (QED) is 0.416. The Labute approximate surface area is 158 Å². The maximum atomic E-state index is 11.9. The maximum absolute atomic E-state index is 11.9. The molecule has 2 rings (SSSR count). The van der Waals surface area contributed by atoms with Crippen LogP contribution in [0.4, 0.5) is 0 Å². The zero-order valence-electron chi connectivity index (χ0n) is 15.9. The summed E-state index contributed by atoms with van der Waals surface area (Å²) in [6.45, 7) is 7.12. The number of benzene rings is 1. The van der Waals surface area contributed by atoms with Crippen molar-refractivity contribution in [1.29, 1.82) is 0 Å². The molecule has 146 valence electrons.